The molecule has 8 nitrogen and oxygen atoms in total. The third kappa shape index (κ3) is 3.50. The van der Waals surface area contributed by atoms with Crippen molar-refractivity contribution in [3.63, 3.8) is 0 Å². The van der Waals surface area contributed by atoms with Crippen molar-refractivity contribution in [1.29, 1.82) is 0 Å². The van der Waals surface area contributed by atoms with E-state index in [0.29, 0.717) is 16.5 Å². The largest absolute Gasteiger partial charge is 0.335 e. The molecule has 32 heavy (non-hydrogen) atoms. The van der Waals surface area contributed by atoms with Crippen molar-refractivity contribution in [1.82, 2.24) is 20.1 Å². The molecule has 1 fully saturated rings. The van der Waals surface area contributed by atoms with Crippen LogP contribution in [-0.4, -0.2) is 32.6 Å². The van der Waals surface area contributed by atoms with E-state index in [2.05, 4.69) is 15.5 Å². The Morgan fingerprint density at radius 3 is 2.31 bits per heavy atom. The highest BCUT2D eigenvalue weighted by Gasteiger charge is 2.36. The molecule has 4 amide bonds. The van der Waals surface area contributed by atoms with Crippen LogP contribution < -0.4 is 10.2 Å². The fraction of sp³-hybridized carbons (Fsp3) is 0. The number of carbonyl (C=O) groups excluding carboxylic acids is 3. The SMILES string of the molecule is O=C1NC(=O)N(c2ccccc2)C(=O)/C1=C\c1cccn1-c1nnc(-c2ccccc2)s1. The summed E-state index contributed by atoms with van der Waals surface area (Å²) < 4.78 is 1.74. The third-order valence-corrected chi connectivity index (χ3v) is 5.80. The zero-order valence-electron chi connectivity index (χ0n) is 16.5. The summed E-state index contributed by atoms with van der Waals surface area (Å²) in [7, 11) is 0. The number of amides is 4. The smallest absolute Gasteiger partial charge is 0.292 e. The van der Waals surface area contributed by atoms with Crippen molar-refractivity contribution >= 4 is 40.9 Å². The molecular formula is C23H15N5O3S. The van der Waals surface area contributed by atoms with E-state index in [1.807, 2.05) is 30.3 Å². The van der Waals surface area contributed by atoms with Crippen molar-refractivity contribution in [2.75, 3.05) is 4.90 Å². The number of urea groups is 1. The zero-order valence-corrected chi connectivity index (χ0v) is 17.3. The number of nitrogens with zero attached hydrogens (tertiary/aromatic N) is 4. The second-order valence-corrected chi connectivity index (χ2v) is 7.81. The van der Waals surface area contributed by atoms with Gasteiger partial charge in [-0.3, -0.25) is 19.5 Å². The first kappa shape index (κ1) is 19.6. The van der Waals surface area contributed by atoms with Crippen LogP contribution in [0.3, 0.4) is 0 Å². The molecule has 2 aromatic carbocycles. The molecule has 0 atom stereocenters. The Kier molecular flexibility index (Phi) is 4.92. The number of barbiturate groups is 1. The van der Waals surface area contributed by atoms with Gasteiger partial charge in [0.15, 0.2) is 0 Å². The van der Waals surface area contributed by atoms with Crippen LogP contribution in [0.1, 0.15) is 5.69 Å². The van der Waals surface area contributed by atoms with Crippen LogP contribution in [0.25, 0.3) is 21.8 Å². The Morgan fingerprint density at radius 2 is 1.56 bits per heavy atom. The molecule has 0 radical (unpaired) electrons. The standard InChI is InChI=1S/C23H15N5O3S/c29-19-18(21(30)28(22(31)24-19)16-10-5-2-6-11-16)14-17-12-7-13-27(17)23-26-25-20(32-23)15-8-3-1-4-9-15/h1-14H,(H,24,29,31)/b18-14-. The molecule has 1 aliphatic rings. The molecule has 0 aliphatic carbocycles. The van der Waals surface area contributed by atoms with Gasteiger partial charge in [-0.15, -0.1) is 10.2 Å². The average molecular weight is 441 g/mol. The quantitative estimate of drug-likeness (QED) is 0.385. The van der Waals surface area contributed by atoms with E-state index in [1.54, 1.807) is 53.2 Å². The molecule has 0 bridgehead atoms. The first-order valence-electron chi connectivity index (χ1n) is 9.65. The lowest BCUT2D eigenvalue weighted by Gasteiger charge is -2.26. The van der Waals surface area contributed by atoms with Crippen molar-refractivity contribution in [3.05, 3.63) is 90.3 Å². The van der Waals surface area contributed by atoms with Gasteiger partial charge in [-0.1, -0.05) is 59.9 Å². The number of hydrogen-bond donors (Lipinski definition) is 1. The van der Waals surface area contributed by atoms with Gasteiger partial charge in [0.1, 0.15) is 10.6 Å². The fourth-order valence-electron chi connectivity index (χ4n) is 3.31. The number of imide groups is 2. The minimum atomic E-state index is -0.782. The molecule has 2 aromatic heterocycles. The number of anilines is 1. The normalized spacial score (nSPS) is 15.3. The van der Waals surface area contributed by atoms with Crippen LogP contribution in [0.4, 0.5) is 10.5 Å². The molecule has 5 rings (SSSR count). The van der Waals surface area contributed by atoms with Crippen LogP contribution >= 0.6 is 11.3 Å². The van der Waals surface area contributed by atoms with Gasteiger partial charge in [0.2, 0.25) is 5.13 Å². The maximum Gasteiger partial charge on any atom is 0.335 e. The van der Waals surface area contributed by atoms with Gasteiger partial charge in [0, 0.05) is 17.5 Å². The fourth-order valence-corrected chi connectivity index (χ4v) is 4.17. The molecular weight excluding hydrogens is 426 g/mol. The van der Waals surface area contributed by atoms with Crippen LogP contribution in [0.2, 0.25) is 0 Å². The van der Waals surface area contributed by atoms with E-state index < -0.39 is 17.8 Å². The van der Waals surface area contributed by atoms with Crippen molar-refractivity contribution < 1.29 is 14.4 Å². The topological polar surface area (TPSA) is 97.2 Å². The Morgan fingerprint density at radius 1 is 0.844 bits per heavy atom. The number of para-hydroxylation sites is 1. The minimum Gasteiger partial charge on any atom is -0.292 e. The lowest BCUT2D eigenvalue weighted by Crippen LogP contribution is -2.54. The average Bonchev–Trinajstić information content (AvgIpc) is 3.47. The first-order chi connectivity index (χ1) is 15.6. The highest BCUT2D eigenvalue weighted by Crippen LogP contribution is 2.27. The van der Waals surface area contributed by atoms with Gasteiger partial charge in [-0.05, 0) is 30.3 Å². The molecule has 156 valence electrons. The Labute approximate surface area is 186 Å². The molecule has 1 aliphatic heterocycles. The number of carbonyl (C=O) groups is 3. The van der Waals surface area contributed by atoms with Gasteiger partial charge in [0.25, 0.3) is 11.8 Å². The first-order valence-corrected chi connectivity index (χ1v) is 10.5. The van der Waals surface area contributed by atoms with Gasteiger partial charge in [-0.2, -0.15) is 0 Å². The van der Waals surface area contributed by atoms with Gasteiger partial charge in [-0.25, -0.2) is 9.69 Å². The van der Waals surface area contributed by atoms with Gasteiger partial charge >= 0.3 is 6.03 Å². The second-order valence-electron chi connectivity index (χ2n) is 6.85. The molecule has 1 saturated heterocycles. The maximum absolute atomic E-state index is 13.1. The minimum absolute atomic E-state index is 0.152. The van der Waals surface area contributed by atoms with E-state index in [-0.39, 0.29) is 5.57 Å². The molecule has 4 aromatic rings. The number of aromatic nitrogens is 3. The van der Waals surface area contributed by atoms with Gasteiger partial charge < -0.3 is 0 Å². The Bertz CT molecular complexity index is 1360. The summed E-state index contributed by atoms with van der Waals surface area (Å²) in [6.07, 6.45) is 3.22. The monoisotopic (exact) mass is 441 g/mol. The highest BCUT2D eigenvalue weighted by molar-refractivity contribution is 7.17. The molecule has 0 saturated carbocycles. The summed E-state index contributed by atoms with van der Waals surface area (Å²) in [5.74, 6) is -1.44. The molecule has 1 N–H and O–H groups in total. The summed E-state index contributed by atoms with van der Waals surface area (Å²) in [5.41, 5.74) is 1.73. The van der Waals surface area contributed by atoms with E-state index in [0.717, 1.165) is 15.5 Å². The van der Waals surface area contributed by atoms with Crippen molar-refractivity contribution in [2.24, 2.45) is 0 Å². The molecule has 0 unspecified atom stereocenters. The van der Waals surface area contributed by atoms with E-state index in [1.165, 1.54) is 17.4 Å². The van der Waals surface area contributed by atoms with Crippen LogP contribution in [0, 0.1) is 0 Å². The predicted molar refractivity (Wildman–Crippen MR) is 120 cm³/mol. The maximum atomic E-state index is 13.1. The number of nitrogens with one attached hydrogen (secondary N) is 1. The zero-order chi connectivity index (χ0) is 22.1. The van der Waals surface area contributed by atoms with Crippen LogP contribution in [-0.2, 0) is 9.59 Å². The van der Waals surface area contributed by atoms with E-state index in [4.69, 9.17) is 0 Å². The van der Waals surface area contributed by atoms with Crippen LogP contribution in [0.15, 0.2) is 84.6 Å². The summed E-state index contributed by atoms with van der Waals surface area (Å²) in [4.78, 5) is 38.8. The summed E-state index contributed by atoms with van der Waals surface area (Å²) >= 11 is 1.38. The van der Waals surface area contributed by atoms with Crippen LogP contribution in [0.5, 0.6) is 0 Å². The number of benzene rings is 2. The molecule has 0 spiro atoms. The van der Waals surface area contributed by atoms with E-state index >= 15 is 0 Å². The van der Waals surface area contributed by atoms with E-state index in [9.17, 15) is 14.4 Å². The van der Waals surface area contributed by atoms with Crippen molar-refractivity contribution in [3.8, 4) is 15.7 Å². The van der Waals surface area contributed by atoms with Crippen molar-refractivity contribution in [2.45, 2.75) is 0 Å². The number of rotatable bonds is 4. The predicted octanol–water partition coefficient (Wildman–Crippen LogP) is 3.66. The Hall–Kier alpha value is -4.37. The highest BCUT2D eigenvalue weighted by atomic mass is 32.1. The number of hydrogen-bond acceptors (Lipinski definition) is 6. The summed E-state index contributed by atoms with van der Waals surface area (Å²) in [6, 6.07) is 20.9. The lowest BCUT2D eigenvalue weighted by atomic mass is 10.1. The lowest BCUT2D eigenvalue weighted by molar-refractivity contribution is -0.122. The van der Waals surface area contributed by atoms with Gasteiger partial charge in [0.05, 0.1) is 5.69 Å². The molecule has 9 heteroatoms. The Balaban J connectivity index is 1.50. The summed E-state index contributed by atoms with van der Waals surface area (Å²) in [6.45, 7) is 0. The summed E-state index contributed by atoms with van der Waals surface area (Å²) in [5, 5.41) is 12.1. The second kappa shape index (κ2) is 8.05. The third-order valence-electron chi connectivity index (χ3n) is 4.83. The molecule has 3 heterocycles.